The summed E-state index contributed by atoms with van der Waals surface area (Å²) in [4.78, 5) is 20.1. The largest absolute Gasteiger partial charge is 0.489 e. The topological polar surface area (TPSA) is 70.2 Å². The summed E-state index contributed by atoms with van der Waals surface area (Å²) < 4.78 is 5.02. The minimum atomic E-state index is -0.285. The zero-order chi connectivity index (χ0) is 13.1. The number of ether oxygens (including phenoxy) is 1. The standard InChI is InChI=1S/C11H20N4O2/c1-11(2,15(3)4)6-12-9-8(17-5)10(16)14-7-13-9/h7H,6H2,1-5H3,(H2,12,13,14,16). The molecule has 1 aromatic rings. The molecule has 2 N–H and O–H groups in total. The second-order valence-electron chi connectivity index (χ2n) is 4.67. The first-order valence-corrected chi connectivity index (χ1v) is 5.41. The maximum absolute atomic E-state index is 11.5. The van der Waals surface area contributed by atoms with Crippen molar-refractivity contribution in [2.24, 2.45) is 0 Å². The molecule has 0 fully saturated rings. The van der Waals surface area contributed by atoms with E-state index >= 15 is 0 Å². The third-order valence-corrected chi connectivity index (χ3v) is 2.91. The molecule has 17 heavy (non-hydrogen) atoms. The molecule has 1 aromatic heterocycles. The second kappa shape index (κ2) is 5.18. The number of rotatable bonds is 5. The fraction of sp³-hybridized carbons (Fsp3) is 0.636. The van der Waals surface area contributed by atoms with Gasteiger partial charge in [0.15, 0.2) is 5.82 Å². The van der Waals surface area contributed by atoms with Crippen molar-refractivity contribution in [3.63, 3.8) is 0 Å². The van der Waals surface area contributed by atoms with E-state index in [4.69, 9.17) is 4.74 Å². The van der Waals surface area contributed by atoms with Crippen molar-refractivity contribution in [1.29, 1.82) is 0 Å². The third kappa shape index (κ3) is 3.20. The number of hydrogen-bond acceptors (Lipinski definition) is 5. The smallest absolute Gasteiger partial charge is 0.295 e. The van der Waals surface area contributed by atoms with Gasteiger partial charge >= 0.3 is 0 Å². The minimum Gasteiger partial charge on any atom is -0.489 e. The first kappa shape index (κ1) is 13.5. The highest BCUT2D eigenvalue weighted by atomic mass is 16.5. The van der Waals surface area contributed by atoms with E-state index < -0.39 is 0 Å². The maximum atomic E-state index is 11.5. The fourth-order valence-electron chi connectivity index (χ4n) is 1.16. The summed E-state index contributed by atoms with van der Waals surface area (Å²) >= 11 is 0. The third-order valence-electron chi connectivity index (χ3n) is 2.91. The van der Waals surface area contributed by atoms with E-state index in [1.807, 2.05) is 14.1 Å². The van der Waals surface area contributed by atoms with Crippen LogP contribution in [0.15, 0.2) is 11.1 Å². The average Bonchev–Trinajstić information content (AvgIpc) is 2.26. The molecular weight excluding hydrogens is 220 g/mol. The number of anilines is 1. The minimum absolute atomic E-state index is 0.0463. The molecule has 0 aliphatic rings. The molecule has 0 aliphatic heterocycles. The summed E-state index contributed by atoms with van der Waals surface area (Å²) in [5, 5.41) is 3.13. The van der Waals surface area contributed by atoms with Gasteiger partial charge in [-0.05, 0) is 27.9 Å². The Bertz CT molecular complexity index is 426. The molecule has 6 heteroatoms. The van der Waals surface area contributed by atoms with Crippen LogP contribution in [0.1, 0.15) is 13.8 Å². The highest BCUT2D eigenvalue weighted by molar-refractivity contribution is 5.48. The molecule has 0 spiro atoms. The van der Waals surface area contributed by atoms with E-state index in [0.717, 1.165) is 0 Å². The van der Waals surface area contributed by atoms with E-state index in [2.05, 4.69) is 34.0 Å². The van der Waals surface area contributed by atoms with E-state index in [1.165, 1.54) is 13.4 Å². The predicted octanol–water partition coefficient (Wildman–Crippen LogP) is 0.531. The summed E-state index contributed by atoms with van der Waals surface area (Å²) in [6, 6.07) is 0. The normalized spacial score (nSPS) is 11.6. The summed E-state index contributed by atoms with van der Waals surface area (Å²) in [6.45, 7) is 4.85. The van der Waals surface area contributed by atoms with Gasteiger partial charge in [0.05, 0.1) is 13.4 Å². The van der Waals surface area contributed by atoms with E-state index in [1.54, 1.807) is 0 Å². The quantitative estimate of drug-likeness (QED) is 0.785. The number of likely N-dealkylation sites (N-methyl/N-ethyl adjacent to an activating group) is 1. The fourth-order valence-corrected chi connectivity index (χ4v) is 1.16. The first-order valence-electron chi connectivity index (χ1n) is 5.41. The van der Waals surface area contributed by atoms with Gasteiger partial charge in [-0.1, -0.05) is 0 Å². The van der Waals surface area contributed by atoms with Crippen LogP contribution >= 0.6 is 0 Å². The predicted molar refractivity (Wildman–Crippen MR) is 67.7 cm³/mol. The van der Waals surface area contributed by atoms with Crippen LogP contribution in [0.5, 0.6) is 5.75 Å². The molecule has 96 valence electrons. The average molecular weight is 240 g/mol. The van der Waals surface area contributed by atoms with Gasteiger partial charge in [0.2, 0.25) is 5.75 Å². The van der Waals surface area contributed by atoms with Crippen molar-refractivity contribution >= 4 is 5.82 Å². The van der Waals surface area contributed by atoms with Crippen LogP contribution in [0.4, 0.5) is 5.82 Å². The SMILES string of the molecule is COc1c(NCC(C)(C)N(C)C)nc[nH]c1=O. The zero-order valence-corrected chi connectivity index (χ0v) is 11.0. The molecule has 0 saturated heterocycles. The van der Waals surface area contributed by atoms with Crippen molar-refractivity contribution in [2.45, 2.75) is 19.4 Å². The Hall–Kier alpha value is -1.56. The molecule has 0 aliphatic carbocycles. The molecule has 1 rings (SSSR count). The highest BCUT2D eigenvalue weighted by Crippen LogP contribution is 2.17. The van der Waals surface area contributed by atoms with Crippen LogP contribution in [0.25, 0.3) is 0 Å². The van der Waals surface area contributed by atoms with Crippen molar-refractivity contribution in [3.8, 4) is 5.75 Å². The molecule has 0 atom stereocenters. The molecule has 0 bridgehead atoms. The summed E-state index contributed by atoms with van der Waals surface area (Å²) in [6.07, 6.45) is 1.36. The number of aromatic nitrogens is 2. The number of hydrogen-bond donors (Lipinski definition) is 2. The number of aromatic amines is 1. The summed E-state index contributed by atoms with van der Waals surface area (Å²) in [5.74, 6) is 0.674. The second-order valence-corrected chi connectivity index (χ2v) is 4.67. The summed E-state index contributed by atoms with van der Waals surface area (Å²) in [7, 11) is 5.46. The first-order chi connectivity index (χ1) is 7.88. The number of H-pyrrole nitrogens is 1. The van der Waals surface area contributed by atoms with Crippen molar-refractivity contribution in [3.05, 3.63) is 16.7 Å². The highest BCUT2D eigenvalue weighted by Gasteiger charge is 2.21. The number of methoxy groups -OCH3 is 1. The molecule has 0 amide bonds. The molecule has 1 heterocycles. The molecule has 0 saturated carbocycles. The lowest BCUT2D eigenvalue weighted by Crippen LogP contribution is -2.44. The number of nitrogens with one attached hydrogen (secondary N) is 2. The monoisotopic (exact) mass is 240 g/mol. The van der Waals surface area contributed by atoms with Crippen molar-refractivity contribution in [2.75, 3.05) is 33.1 Å². The van der Waals surface area contributed by atoms with Gasteiger partial charge in [0.1, 0.15) is 0 Å². The Morgan fingerprint density at radius 3 is 2.71 bits per heavy atom. The zero-order valence-electron chi connectivity index (χ0n) is 11.0. The molecule has 0 radical (unpaired) electrons. The van der Waals surface area contributed by atoms with E-state index in [9.17, 15) is 4.79 Å². The van der Waals surface area contributed by atoms with Crippen molar-refractivity contribution in [1.82, 2.24) is 14.9 Å². The molecule has 0 unspecified atom stereocenters. The van der Waals surface area contributed by atoms with Gasteiger partial charge in [-0.25, -0.2) is 4.98 Å². The van der Waals surface area contributed by atoms with Crippen LogP contribution < -0.4 is 15.6 Å². The Balaban J connectivity index is 2.83. The Kier molecular flexibility index (Phi) is 4.11. The lowest BCUT2D eigenvalue weighted by atomic mass is 10.0. The van der Waals surface area contributed by atoms with Gasteiger partial charge in [0, 0.05) is 12.1 Å². The molecule has 6 nitrogen and oxygen atoms in total. The van der Waals surface area contributed by atoms with Crippen LogP contribution in [0.2, 0.25) is 0 Å². The van der Waals surface area contributed by atoms with Gasteiger partial charge < -0.3 is 19.9 Å². The molecule has 0 aromatic carbocycles. The van der Waals surface area contributed by atoms with Crippen LogP contribution in [-0.2, 0) is 0 Å². The van der Waals surface area contributed by atoms with Crippen LogP contribution in [0, 0.1) is 0 Å². The maximum Gasteiger partial charge on any atom is 0.295 e. The van der Waals surface area contributed by atoms with Gasteiger partial charge in [-0.3, -0.25) is 4.79 Å². The Morgan fingerprint density at radius 1 is 1.53 bits per heavy atom. The van der Waals surface area contributed by atoms with Gasteiger partial charge in [-0.15, -0.1) is 0 Å². The number of nitrogens with zero attached hydrogens (tertiary/aromatic N) is 2. The lowest BCUT2D eigenvalue weighted by molar-refractivity contribution is 0.209. The van der Waals surface area contributed by atoms with Crippen LogP contribution in [0.3, 0.4) is 0 Å². The van der Waals surface area contributed by atoms with Crippen molar-refractivity contribution < 1.29 is 4.74 Å². The van der Waals surface area contributed by atoms with E-state index in [-0.39, 0.29) is 16.8 Å². The van der Waals surface area contributed by atoms with Gasteiger partial charge in [0.25, 0.3) is 5.56 Å². The van der Waals surface area contributed by atoms with E-state index in [0.29, 0.717) is 12.4 Å². The lowest BCUT2D eigenvalue weighted by Gasteiger charge is -2.32. The van der Waals surface area contributed by atoms with Crippen LogP contribution in [-0.4, -0.2) is 48.2 Å². The molecular formula is C11H20N4O2. The Labute approximate surface area is 101 Å². The Morgan fingerprint density at radius 2 is 2.18 bits per heavy atom. The summed E-state index contributed by atoms with van der Waals surface area (Å²) in [5.41, 5.74) is -0.331. The van der Waals surface area contributed by atoms with Gasteiger partial charge in [-0.2, -0.15) is 0 Å².